The van der Waals surface area contributed by atoms with E-state index in [-0.39, 0.29) is 11.2 Å². The van der Waals surface area contributed by atoms with Crippen LogP contribution in [-0.2, 0) is 9.68 Å². The van der Waals surface area contributed by atoms with E-state index in [1.807, 2.05) is 26.0 Å². The van der Waals surface area contributed by atoms with Crippen LogP contribution in [0, 0.1) is 5.41 Å². The third-order valence-corrected chi connectivity index (χ3v) is 4.33. The van der Waals surface area contributed by atoms with Gasteiger partial charge in [0.1, 0.15) is 0 Å². The van der Waals surface area contributed by atoms with E-state index < -0.39 is 0 Å². The highest BCUT2D eigenvalue weighted by atomic mass is 35.5. The van der Waals surface area contributed by atoms with Crippen molar-refractivity contribution in [1.29, 1.82) is 0 Å². The lowest BCUT2D eigenvalue weighted by atomic mass is 9.80. The molecule has 0 fully saturated rings. The van der Waals surface area contributed by atoms with Crippen molar-refractivity contribution in [2.24, 2.45) is 5.41 Å². The van der Waals surface area contributed by atoms with Crippen molar-refractivity contribution in [1.82, 2.24) is 0 Å². The predicted octanol–water partition coefficient (Wildman–Crippen LogP) is 5.20. The fourth-order valence-electron chi connectivity index (χ4n) is 2.25. The highest BCUT2D eigenvalue weighted by Gasteiger charge is 2.19. The predicted molar refractivity (Wildman–Crippen MR) is 107 cm³/mol. The second-order valence-electron chi connectivity index (χ2n) is 6.86. The lowest BCUT2D eigenvalue weighted by Gasteiger charge is -2.21. The van der Waals surface area contributed by atoms with E-state index in [1.54, 1.807) is 36.4 Å². The number of carbonyl (C=O) groups is 1. The number of benzene rings is 1. The highest BCUT2D eigenvalue weighted by molar-refractivity contribution is 6.35. The quantitative estimate of drug-likeness (QED) is 0.274. The van der Waals surface area contributed by atoms with Crippen molar-refractivity contribution in [3.8, 4) is 5.75 Å². The smallest absolute Gasteiger partial charge is 0.187 e. The number of allylic oxidation sites excluding steroid dienone is 7. The second-order valence-corrected chi connectivity index (χ2v) is 7.32. The number of rotatable bonds is 8. The average Bonchev–Trinajstić information content (AvgIpc) is 2.61. The van der Waals surface area contributed by atoms with Gasteiger partial charge >= 0.3 is 0 Å². The highest BCUT2D eigenvalue weighted by Crippen LogP contribution is 2.33. The van der Waals surface area contributed by atoms with Gasteiger partial charge in [-0.3, -0.25) is 4.79 Å². The molecule has 0 unspecified atom stereocenters. The van der Waals surface area contributed by atoms with Crippen LogP contribution in [0.2, 0.25) is 6.32 Å². The number of halogens is 1. The van der Waals surface area contributed by atoms with Gasteiger partial charge in [-0.2, -0.15) is 4.89 Å². The molecule has 1 aliphatic carbocycles. The first-order chi connectivity index (χ1) is 12.4. The fraction of sp³-hybridized carbons (Fsp3) is 0.286. The summed E-state index contributed by atoms with van der Waals surface area (Å²) in [4.78, 5) is 22.8. The van der Waals surface area contributed by atoms with Gasteiger partial charge in [0.2, 0.25) is 0 Å². The summed E-state index contributed by atoms with van der Waals surface area (Å²) in [7, 11) is 5.65. The molecule has 2 radical (unpaired) electrons. The molecule has 0 amide bonds. The molecule has 0 N–H and O–H groups in total. The number of carbonyl (C=O) groups excluding carboxylic acids is 1. The topological polar surface area (TPSA) is 35.5 Å². The molecule has 1 aromatic carbocycles. The minimum Gasteiger partial charge on any atom is -0.338 e. The Morgan fingerprint density at radius 2 is 2.00 bits per heavy atom. The number of hydrogen-bond acceptors (Lipinski definition) is 3. The van der Waals surface area contributed by atoms with Gasteiger partial charge in [-0.1, -0.05) is 62.6 Å². The van der Waals surface area contributed by atoms with Crippen LogP contribution >= 0.6 is 11.6 Å². The number of hydrogen-bond donors (Lipinski definition) is 0. The van der Waals surface area contributed by atoms with Crippen molar-refractivity contribution in [3.63, 3.8) is 0 Å². The van der Waals surface area contributed by atoms with Gasteiger partial charge < -0.3 is 4.89 Å². The Balaban J connectivity index is 2.02. The Morgan fingerprint density at radius 1 is 1.31 bits per heavy atom. The second kappa shape index (κ2) is 9.06. The lowest BCUT2D eigenvalue weighted by Crippen LogP contribution is -2.19. The Bertz CT molecular complexity index is 758. The first kappa shape index (κ1) is 20.3. The van der Waals surface area contributed by atoms with Gasteiger partial charge in [0, 0.05) is 17.0 Å². The summed E-state index contributed by atoms with van der Waals surface area (Å²) in [6.07, 6.45) is 7.62. The first-order valence-corrected chi connectivity index (χ1v) is 8.77. The fourth-order valence-corrected chi connectivity index (χ4v) is 2.55. The van der Waals surface area contributed by atoms with Gasteiger partial charge in [0.25, 0.3) is 0 Å². The van der Waals surface area contributed by atoms with Gasteiger partial charge in [-0.05, 0) is 40.8 Å². The van der Waals surface area contributed by atoms with Crippen molar-refractivity contribution >= 4 is 30.8 Å². The van der Waals surface area contributed by atoms with Gasteiger partial charge in [0.05, 0.1) is 14.5 Å². The average molecular weight is 369 g/mol. The third-order valence-electron chi connectivity index (χ3n) is 3.99. The first-order valence-electron chi connectivity index (χ1n) is 8.39. The van der Waals surface area contributed by atoms with Crippen molar-refractivity contribution < 1.29 is 14.6 Å². The molecule has 3 nitrogen and oxygen atoms in total. The van der Waals surface area contributed by atoms with Crippen LogP contribution in [0.3, 0.4) is 0 Å². The summed E-state index contributed by atoms with van der Waals surface area (Å²) >= 11 is 6.29. The maximum absolute atomic E-state index is 12.3. The summed E-state index contributed by atoms with van der Waals surface area (Å²) < 4.78 is 0. The minimum absolute atomic E-state index is 0.109. The molecule has 0 heterocycles. The Kier molecular flexibility index (Phi) is 7.07. The molecular formula is C21H22BClO3. The Labute approximate surface area is 161 Å². The molecule has 0 saturated heterocycles. The molecule has 0 aliphatic heterocycles. The van der Waals surface area contributed by atoms with Crippen LogP contribution in [-0.4, -0.2) is 20.2 Å². The van der Waals surface area contributed by atoms with Crippen molar-refractivity contribution in [2.45, 2.75) is 26.6 Å². The van der Waals surface area contributed by atoms with E-state index in [0.29, 0.717) is 35.7 Å². The zero-order valence-electron chi connectivity index (χ0n) is 15.1. The summed E-state index contributed by atoms with van der Waals surface area (Å²) in [6.45, 7) is 8.00. The van der Waals surface area contributed by atoms with Gasteiger partial charge in [-0.25, -0.2) is 0 Å². The third kappa shape index (κ3) is 5.48. The molecule has 1 aromatic rings. The molecule has 5 heteroatoms. The molecule has 0 saturated carbocycles. The SMILES string of the molecule is [B]CC(C)(C)COOc1ccc(C2=CC(=O)C(/C=C\C=C)=C(Cl)C2)cc1. The van der Waals surface area contributed by atoms with E-state index in [0.717, 1.165) is 11.1 Å². The largest absolute Gasteiger partial charge is 0.338 e. The Hall–Kier alpha value is -2.04. The Morgan fingerprint density at radius 3 is 2.58 bits per heavy atom. The molecule has 134 valence electrons. The van der Waals surface area contributed by atoms with Crippen LogP contribution < -0.4 is 4.89 Å². The van der Waals surface area contributed by atoms with Crippen LogP contribution in [0.4, 0.5) is 0 Å². The van der Waals surface area contributed by atoms with Crippen LogP contribution in [0.5, 0.6) is 5.75 Å². The minimum atomic E-state index is -0.145. The summed E-state index contributed by atoms with van der Waals surface area (Å²) in [5.74, 6) is 0.475. The van der Waals surface area contributed by atoms with E-state index in [9.17, 15) is 4.79 Å². The molecule has 0 spiro atoms. The zero-order valence-corrected chi connectivity index (χ0v) is 15.9. The summed E-state index contributed by atoms with van der Waals surface area (Å²) in [5, 5.41) is 0.526. The van der Waals surface area contributed by atoms with E-state index >= 15 is 0 Å². The molecule has 0 atom stereocenters. The van der Waals surface area contributed by atoms with E-state index in [2.05, 4.69) is 6.58 Å². The molecule has 26 heavy (non-hydrogen) atoms. The molecule has 0 aromatic heterocycles. The molecular weight excluding hydrogens is 346 g/mol. The maximum atomic E-state index is 12.3. The monoisotopic (exact) mass is 368 g/mol. The summed E-state index contributed by atoms with van der Waals surface area (Å²) in [5.41, 5.74) is 2.14. The standard InChI is InChI=1S/C21H22BClO3/c1-4-5-6-18-19(23)11-16(12-20(18)24)15-7-9-17(10-8-15)26-25-14-21(2,3)13-22/h4-10,12H,1,11,13-14H2,2-3H3/b6-5-. The van der Waals surface area contributed by atoms with Crippen molar-refractivity contribution in [3.05, 3.63) is 71.3 Å². The maximum Gasteiger partial charge on any atom is 0.187 e. The molecule has 2 rings (SSSR count). The molecule has 0 bridgehead atoms. The van der Waals surface area contributed by atoms with E-state index in [1.165, 1.54) is 0 Å². The van der Waals surface area contributed by atoms with Crippen LogP contribution in [0.15, 0.2) is 65.8 Å². The number of ketones is 1. The van der Waals surface area contributed by atoms with Crippen molar-refractivity contribution in [2.75, 3.05) is 6.61 Å². The summed E-state index contributed by atoms with van der Waals surface area (Å²) in [6, 6.07) is 7.34. The lowest BCUT2D eigenvalue weighted by molar-refractivity contribution is -0.224. The van der Waals surface area contributed by atoms with Gasteiger partial charge in [-0.15, -0.1) is 0 Å². The normalized spacial score (nSPS) is 15.3. The molecule has 1 aliphatic rings. The van der Waals surface area contributed by atoms with Crippen LogP contribution in [0.1, 0.15) is 25.8 Å². The van der Waals surface area contributed by atoms with Gasteiger partial charge in [0.15, 0.2) is 11.5 Å². The van der Waals surface area contributed by atoms with E-state index in [4.69, 9.17) is 29.2 Å². The zero-order chi connectivity index (χ0) is 19.2. The van der Waals surface area contributed by atoms with Crippen LogP contribution in [0.25, 0.3) is 5.57 Å².